The van der Waals surface area contributed by atoms with E-state index in [1.54, 1.807) is 0 Å². The second-order valence-corrected chi connectivity index (χ2v) is 6.58. The molecule has 0 radical (unpaired) electrons. The minimum absolute atomic E-state index is 0.630. The molecular formula is C19H24N4S. The summed E-state index contributed by atoms with van der Waals surface area (Å²) < 4.78 is 0. The number of rotatable bonds is 5. The smallest absolute Gasteiger partial charge is 0.171 e. The molecule has 3 rings (SSSR count). The van der Waals surface area contributed by atoms with Crippen molar-refractivity contribution in [2.75, 3.05) is 29.9 Å². The Labute approximate surface area is 149 Å². The monoisotopic (exact) mass is 340 g/mol. The topological polar surface area (TPSA) is 40.2 Å². The van der Waals surface area contributed by atoms with Gasteiger partial charge in [-0.15, -0.1) is 0 Å². The first-order valence-electron chi connectivity index (χ1n) is 8.53. The van der Waals surface area contributed by atoms with Gasteiger partial charge in [-0.25, -0.2) is 4.98 Å². The van der Waals surface area contributed by atoms with Gasteiger partial charge in [0.2, 0.25) is 0 Å². The van der Waals surface area contributed by atoms with E-state index in [1.165, 1.54) is 24.1 Å². The van der Waals surface area contributed by atoms with Crippen molar-refractivity contribution in [3.8, 4) is 0 Å². The van der Waals surface area contributed by atoms with Gasteiger partial charge < -0.3 is 15.5 Å². The molecule has 0 saturated heterocycles. The maximum atomic E-state index is 5.33. The van der Waals surface area contributed by atoms with Crippen LogP contribution in [0.3, 0.4) is 0 Å². The van der Waals surface area contributed by atoms with Gasteiger partial charge in [-0.3, -0.25) is 0 Å². The van der Waals surface area contributed by atoms with Crippen LogP contribution < -0.4 is 15.5 Å². The Bertz CT molecular complexity index is 684. The second-order valence-electron chi connectivity index (χ2n) is 6.17. The number of hydrogen-bond donors (Lipinski definition) is 2. The second kappa shape index (κ2) is 8.11. The predicted molar refractivity (Wildman–Crippen MR) is 105 cm³/mol. The third-order valence-corrected chi connectivity index (χ3v) is 4.50. The molecule has 0 fully saturated rings. The number of hydrogen-bond acceptors (Lipinski definition) is 3. The van der Waals surface area contributed by atoms with E-state index in [0.717, 1.165) is 37.4 Å². The maximum absolute atomic E-state index is 5.33. The third-order valence-electron chi connectivity index (χ3n) is 4.25. The van der Waals surface area contributed by atoms with Gasteiger partial charge in [0.25, 0.3) is 0 Å². The van der Waals surface area contributed by atoms with Crippen molar-refractivity contribution in [2.45, 2.75) is 26.2 Å². The highest BCUT2D eigenvalue weighted by Crippen LogP contribution is 2.26. The highest BCUT2D eigenvalue weighted by atomic mass is 32.1. The number of nitrogens with one attached hydrogen (secondary N) is 2. The minimum atomic E-state index is 0.630. The summed E-state index contributed by atoms with van der Waals surface area (Å²) in [6.07, 6.45) is 5.32. The van der Waals surface area contributed by atoms with Gasteiger partial charge in [-0.1, -0.05) is 24.3 Å². The molecule has 0 amide bonds. The average molecular weight is 340 g/mol. The Balaban J connectivity index is 1.41. The summed E-state index contributed by atoms with van der Waals surface area (Å²) in [5.74, 6) is 0.781. The predicted octanol–water partition coefficient (Wildman–Crippen LogP) is 3.52. The Morgan fingerprint density at radius 2 is 2.12 bits per heavy atom. The number of fused-ring (bicyclic) bond motifs is 1. The number of aromatic nitrogens is 1. The first-order valence-corrected chi connectivity index (χ1v) is 8.93. The average Bonchev–Trinajstić information content (AvgIpc) is 2.61. The molecule has 0 atom stereocenters. The molecule has 1 aromatic heterocycles. The van der Waals surface area contributed by atoms with Gasteiger partial charge in [0.15, 0.2) is 5.11 Å². The standard InChI is InChI=1S/C19H24N4S/c1-15-9-10-18(21-14-15)22-19(24)20-11-5-13-23-12-4-7-16-6-2-3-8-17(16)23/h2-3,6,8-10,14H,4-5,7,11-13H2,1H3,(H2,20,21,22,24). The lowest BCUT2D eigenvalue weighted by Crippen LogP contribution is -2.34. The van der Waals surface area contributed by atoms with Crippen LogP contribution in [0.4, 0.5) is 11.5 Å². The lowest BCUT2D eigenvalue weighted by Gasteiger charge is -2.31. The van der Waals surface area contributed by atoms with E-state index in [0.29, 0.717) is 5.11 Å². The quantitative estimate of drug-likeness (QED) is 0.644. The van der Waals surface area contributed by atoms with Crippen molar-refractivity contribution in [1.29, 1.82) is 0 Å². The van der Waals surface area contributed by atoms with Gasteiger partial charge in [0.05, 0.1) is 0 Å². The van der Waals surface area contributed by atoms with Crippen LogP contribution in [0.15, 0.2) is 42.6 Å². The fourth-order valence-corrected chi connectivity index (χ4v) is 3.22. The molecule has 1 aliphatic heterocycles. The number of benzene rings is 1. The highest BCUT2D eigenvalue weighted by molar-refractivity contribution is 7.80. The third kappa shape index (κ3) is 4.45. The SMILES string of the molecule is Cc1ccc(NC(=S)NCCCN2CCCc3ccccc32)nc1. The molecule has 1 aliphatic rings. The summed E-state index contributed by atoms with van der Waals surface area (Å²) in [6, 6.07) is 12.7. The van der Waals surface area contributed by atoms with Gasteiger partial charge in [-0.05, 0) is 61.7 Å². The first-order chi connectivity index (χ1) is 11.7. The molecule has 5 heteroatoms. The normalized spacial score (nSPS) is 13.3. The van der Waals surface area contributed by atoms with E-state index in [-0.39, 0.29) is 0 Å². The molecule has 0 saturated carbocycles. The Hall–Kier alpha value is -2.14. The van der Waals surface area contributed by atoms with Crippen molar-refractivity contribution in [3.63, 3.8) is 0 Å². The lowest BCUT2D eigenvalue weighted by molar-refractivity contribution is 0.658. The summed E-state index contributed by atoms with van der Waals surface area (Å²) in [5.41, 5.74) is 4.01. The van der Waals surface area contributed by atoms with Crippen LogP contribution in [0, 0.1) is 6.92 Å². The first kappa shape index (κ1) is 16.7. The molecule has 0 aliphatic carbocycles. The molecule has 1 aromatic carbocycles. The highest BCUT2D eigenvalue weighted by Gasteiger charge is 2.15. The molecule has 24 heavy (non-hydrogen) atoms. The molecule has 0 bridgehead atoms. The van der Waals surface area contributed by atoms with Gasteiger partial charge in [0.1, 0.15) is 5.82 Å². The summed E-state index contributed by atoms with van der Waals surface area (Å²) in [5, 5.41) is 7.01. The fourth-order valence-electron chi connectivity index (χ4n) is 3.02. The number of anilines is 2. The molecule has 126 valence electrons. The molecule has 4 nitrogen and oxygen atoms in total. The van der Waals surface area contributed by atoms with Crippen LogP contribution >= 0.6 is 12.2 Å². The van der Waals surface area contributed by atoms with E-state index in [9.17, 15) is 0 Å². The van der Waals surface area contributed by atoms with E-state index in [4.69, 9.17) is 12.2 Å². The number of thiocarbonyl (C=S) groups is 1. The maximum Gasteiger partial charge on any atom is 0.171 e. The zero-order valence-corrected chi connectivity index (χ0v) is 14.9. The lowest BCUT2D eigenvalue weighted by atomic mass is 10.0. The Kier molecular flexibility index (Phi) is 5.64. The molecule has 0 spiro atoms. The van der Waals surface area contributed by atoms with Crippen LogP contribution in [0.2, 0.25) is 0 Å². The summed E-state index contributed by atoms with van der Waals surface area (Å²) in [4.78, 5) is 6.78. The van der Waals surface area contributed by atoms with Crippen LogP contribution in [-0.2, 0) is 6.42 Å². The minimum Gasteiger partial charge on any atom is -0.371 e. The van der Waals surface area contributed by atoms with Crippen molar-refractivity contribution < 1.29 is 0 Å². The van der Waals surface area contributed by atoms with E-state index < -0.39 is 0 Å². The van der Waals surface area contributed by atoms with Gasteiger partial charge >= 0.3 is 0 Å². The van der Waals surface area contributed by atoms with E-state index in [2.05, 4.69) is 44.8 Å². The Morgan fingerprint density at radius 1 is 1.25 bits per heavy atom. The summed E-state index contributed by atoms with van der Waals surface area (Å²) in [6.45, 7) is 5.07. The molecule has 2 N–H and O–H groups in total. The fraction of sp³-hybridized carbons (Fsp3) is 0.368. The molecule has 2 heterocycles. The van der Waals surface area contributed by atoms with Crippen LogP contribution in [0.5, 0.6) is 0 Å². The number of nitrogens with zero attached hydrogens (tertiary/aromatic N) is 2. The number of aryl methyl sites for hydroxylation is 2. The Morgan fingerprint density at radius 3 is 2.96 bits per heavy atom. The van der Waals surface area contributed by atoms with Crippen molar-refractivity contribution in [1.82, 2.24) is 10.3 Å². The van der Waals surface area contributed by atoms with E-state index in [1.807, 2.05) is 25.3 Å². The number of pyridine rings is 1. The summed E-state index contributed by atoms with van der Waals surface area (Å²) >= 11 is 5.33. The van der Waals surface area contributed by atoms with Crippen molar-refractivity contribution in [3.05, 3.63) is 53.7 Å². The van der Waals surface area contributed by atoms with E-state index >= 15 is 0 Å². The van der Waals surface area contributed by atoms with Crippen LogP contribution in [0.1, 0.15) is 24.0 Å². The van der Waals surface area contributed by atoms with Crippen LogP contribution in [0.25, 0.3) is 0 Å². The van der Waals surface area contributed by atoms with Gasteiger partial charge in [-0.2, -0.15) is 0 Å². The van der Waals surface area contributed by atoms with Crippen molar-refractivity contribution >= 4 is 28.8 Å². The van der Waals surface area contributed by atoms with Crippen molar-refractivity contribution in [2.24, 2.45) is 0 Å². The molecule has 0 unspecified atom stereocenters. The zero-order valence-electron chi connectivity index (χ0n) is 14.1. The molecule has 2 aromatic rings. The summed E-state index contributed by atoms with van der Waals surface area (Å²) in [7, 11) is 0. The van der Waals surface area contributed by atoms with Gasteiger partial charge in [0, 0.05) is 31.5 Å². The molecular weight excluding hydrogens is 316 g/mol. The van der Waals surface area contributed by atoms with Crippen LogP contribution in [-0.4, -0.2) is 29.7 Å². The largest absolute Gasteiger partial charge is 0.371 e. The number of para-hydroxylation sites is 1. The zero-order chi connectivity index (χ0) is 16.8.